The molecular formula is C17H13ClF3N3O2. The summed E-state index contributed by atoms with van der Waals surface area (Å²) in [5, 5.41) is 4.64. The van der Waals surface area contributed by atoms with Gasteiger partial charge in [-0.05, 0) is 31.0 Å². The van der Waals surface area contributed by atoms with Crippen molar-refractivity contribution >= 4 is 34.9 Å². The monoisotopic (exact) mass is 383 g/mol. The van der Waals surface area contributed by atoms with Gasteiger partial charge in [0.1, 0.15) is 5.82 Å². The standard InChI is InChI=1S/C17H13ClF3N3O2/c18-12-3-1-2-11(17(19,20)21)14(12)16(26)23-10-6-7-22-13(8-10)24-15(25)9-4-5-9/h1-3,6-9H,4-5H2,(H2,22,23,24,25,26). The van der Waals surface area contributed by atoms with Crippen LogP contribution in [0, 0.1) is 5.92 Å². The Morgan fingerprint density at radius 3 is 2.54 bits per heavy atom. The summed E-state index contributed by atoms with van der Waals surface area (Å²) < 4.78 is 39.4. The normalized spacial score (nSPS) is 14.0. The van der Waals surface area contributed by atoms with Crippen molar-refractivity contribution in [2.24, 2.45) is 5.92 Å². The highest BCUT2D eigenvalue weighted by Crippen LogP contribution is 2.35. The van der Waals surface area contributed by atoms with Crippen molar-refractivity contribution in [3.8, 4) is 0 Å². The third-order valence-corrected chi connectivity index (χ3v) is 4.08. The predicted molar refractivity (Wildman–Crippen MR) is 90.0 cm³/mol. The van der Waals surface area contributed by atoms with Crippen LogP contribution in [-0.2, 0) is 11.0 Å². The van der Waals surface area contributed by atoms with Crippen molar-refractivity contribution in [2.45, 2.75) is 19.0 Å². The average Bonchev–Trinajstić information content (AvgIpc) is 3.39. The number of hydrogen-bond donors (Lipinski definition) is 2. The molecule has 5 nitrogen and oxygen atoms in total. The Balaban J connectivity index is 1.81. The summed E-state index contributed by atoms with van der Waals surface area (Å²) in [6, 6.07) is 5.88. The number of pyridine rings is 1. The molecule has 0 atom stereocenters. The maximum Gasteiger partial charge on any atom is 0.417 e. The molecule has 0 spiro atoms. The van der Waals surface area contributed by atoms with Crippen molar-refractivity contribution in [3.63, 3.8) is 0 Å². The zero-order valence-electron chi connectivity index (χ0n) is 13.2. The minimum atomic E-state index is -4.72. The molecule has 26 heavy (non-hydrogen) atoms. The Morgan fingerprint density at radius 2 is 1.88 bits per heavy atom. The molecule has 1 aliphatic rings. The molecule has 1 aliphatic carbocycles. The number of hydrogen-bond acceptors (Lipinski definition) is 3. The van der Waals surface area contributed by atoms with E-state index in [2.05, 4.69) is 15.6 Å². The summed E-state index contributed by atoms with van der Waals surface area (Å²) in [6.07, 6.45) is -1.77. The first-order chi connectivity index (χ1) is 12.3. The molecule has 0 bridgehead atoms. The maximum atomic E-state index is 13.1. The first-order valence-electron chi connectivity index (χ1n) is 7.69. The van der Waals surface area contributed by atoms with Crippen LogP contribution >= 0.6 is 11.6 Å². The number of aromatic nitrogens is 1. The number of halogens is 4. The van der Waals surface area contributed by atoms with Crippen LogP contribution in [-0.4, -0.2) is 16.8 Å². The molecule has 1 aromatic carbocycles. The lowest BCUT2D eigenvalue weighted by molar-refractivity contribution is -0.137. The zero-order valence-corrected chi connectivity index (χ0v) is 14.0. The van der Waals surface area contributed by atoms with Crippen LogP contribution in [0.25, 0.3) is 0 Å². The van der Waals surface area contributed by atoms with E-state index in [-0.39, 0.29) is 28.4 Å². The summed E-state index contributed by atoms with van der Waals surface area (Å²) in [5.41, 5.74) is -1.61. The maximum absolute atomic E-state index is 13.1. The van der Waals surface area contributed by atoms with E-state index in [1.165, 1.54) is 24.4 Å². The topological polar surface area (TPSA) is 71.1 Å². The van der Waals surface area contributed by atoms with Crippen molar-refractivity contribution in [2.75, 3.05) is 10.6 Å². The van der Waals surface area contributed by atoms with E-state index in [9.17, 15) is 22.8 Å². The van der Waals surface area contributed by atoms with Crippen LogP contribution in [0.15, 0.2) is 36.5 Å². The van der Waals surface area contributed by atoms with E-state index in [1.807, 2.05) is 0 Å². The molecule has 1 heterocycles. The van der Waals surface area contributed by atoms with Crippen LogP contribution in [0.4, 0.5) is 24.7 Å². The molecule has 2 N–H and O–H groups in total. The summed E-state index contributed by atoms with van der Waals surface area (Å²) >= 11 is 5.81. The van der Waals surface area contributed by atoms with Crippen molar-refractivity contribution < 1.29 is 22.8 Å². The Hall–Kier alpha value is -2.61. The van der Waals surface area contributed by atoms with E-state index >= 15 is 0 Å². The number of benzene rings is 1. The van der Waals surface area contributed by atoms with Gasteiger partial charge in [-0.2, -0.15) is 13.2 Å². The molecule has 0 saturated heterocycles. The highest BCUT2D eigenvalue weighted by molar-refractivity contribution is 6.34. The molecule has 0 radical (unpaired) electrons. The highest BCUT2D eigenvalue weighted by atomic mass is 35.5. The molecule has 0 unspecified atom stereocenters. The van der Waals surface area contributed by atoms with Crippen LogP contribution in [0.1, 0.15) is 28.8 Å². The smallest absolute Gasteiger partial charge is 0.322 e. The van der Waals surface area contributed by atoms with Crippen molar-refractivity contribution in [1.82, 2.24) is 4.98 Å². The first kappa shape index (κ1) is 18.2. The van der Waals surface area contributed by atoms with Gasteiger partial charge in [-0.3, -0.25) is 9.59 Å². The summed E-state index contributed by atoms with van der Waals surface area (Å²) in [4.78, 5) is 28.1. The quantitative estimate of drug-likeness (QED) is 0.824. The molecule has 136 valence electrons. The van der Waals surface area contributed by atoms with Crippen molar-refractivity contribution in [1.29, 1.82) is 0 Å². The minimum Gasteiger partial charge on any atom is -0.322 e. The van der Waals surface area contributed by atoms with Gasteiger partial charge in [0.25, 0.3) is 5.91 Å². The molecule has 3 rings (SSSR count). The summed E-state index contributed by atoms with van der Waals surface area (Å²) in [5.74, 6) is -1.01. The summed E-state index contributed by atoms with van der Waals surface area (Å²) in [7, 11) is 0. The van der Waals surface area contributed by atoms with Gasteiger partial charge in [0, 0.05) is 23.9 Å². The fourth-order valence-corrected chi connectivity index (χ4v) is 2.60. The molecule has 1 saturated carbocycles. The first-order valence-corrected chi connectivity index (χ1v) is 8.07. The Labute approximate surface area is 151 Å². The van der Waals surface area contributed by atoms with E-state index in [0.717, 1.165) is 25.0 Å². The lowest BCUT2D eigenvalue weighted by atomic mass is 10.1. The van der Waals surface area contributed by atoms with Gasteiger partial charge >= 0.3 is 6.18 Å². The van der Waals surface area contributed by atoms with Gasteiger partial charge in [0.15, 0.2) is 0 Å². The molecule has 2 amide bonds. The average molecular weight is 384 g/mol. The third kappa shape index (κ3) is 4.13. The number of rotatable bonds is 4. The van der Waals surface area contributed by atoms with Crippen LogP contribution in [0.3, 0.4) is 0 Å². The highest BCUT2D eigenvalue weighted by Gasteiger charge is 2.36. The second kappa shape index (κ2) is 6.95. The largest absolute Gasteiger partial charge is 0.417 e. The Bertz CT molecular complexity index is 867. The Morgan fingerprint density at radius 1 is 1.15 bits per heavy atom. The zero-order chi connectivity index (χ0) is 18.9. The van der Waals surface area contributed by atoms with E-state index < -0.39 is 23.2 Å². The fraction of sp³-hybridized carbons (Fsp3) is 0.235. The van der Waals surface area contributed by atoms with Crippen LogP contribution in [0.2, 0.25) is 5.02 Å². The number of nitrogens with zero attached hydrogens (tertiary/aromatic N) is 1. The molecule has 9 heteroatoms. The fourth-order valence-electron chi connectivity index (χ4n) is 2.34. The number of anilines is 2. The van der Waals surface area contributed by atoms with Gasteiger partial charge in [0.05, 0.1) is 16.1 Å². The number of amides is 2. The van der Waals surface area contributed by atoms with E-state index in [4.69, 9.17) is 11.6 Å². The van der Waals surface area contributed by atoms with Crippen LogP contribution < -0.4 is 10.6 Å². The molecular weight excluding hydrogens is 371 g/mol. The van der Waals surface area contributed by atoms with E-state index in [0.29, 0.717) is 0 Å². The van der Waals surface area contributed by atoms with Gasteiger partial charge in [-0.15, -0.1) is 0 Å². The van der Waals surface area contributed by atoms with Gasteiger partial charge in [-0.25, -0.2) is 4.98 Å². The molecule has 1 fully saturated rings. The van der Waals surface area contributed by atoms with Crippen LogP contribution in [0.5, 0.6) is 0 Å². The number of carbonyl (C=O) groups is 2. The minimum absolute atomic E-state index is 0.0347. The number of nitrogens with one attached hydrogen (secondary N) is 2. The van der Waals surface area contributed by atoms with Gasteiger partial charge < -0.3 is 10.6 Å². The van der Waals surface area contributed by atoms with Gasteiger partial charge in [-0.1, -0.05) is 17.7 Å². The Kier molecular flexibility index (Phi) is 4.86. The predicted octanol–water partition coefficient (Wildman–Crippen LogP) is 4.35. The molecule has 1 aromatic heterocycles. The lowest BCUT2D eigenvalue weighted by Crippen LogP contribution is -2.20. The molecule has 2 aromatic rings. The third-order valence-electron chi connectivity index (χ3n) is 3.76. The number of alkyl halides is 3. The van der Waals surface area contributed by atoms with E-state index in [1.54, 1.807) is 0 Å². The second-order valence-electron chi connectivity index (χ2n) is 5.81. The SMILES string of the molecule is O=C(Nc1ccnc(NC(=O)C2CC2)c1)c1c(Cl)cccc1C(F)(F)F. The van der Waals surface area contributed by atoms with Gasteiger partial charge in [0.2, 0.25) is 5.91 Å². The number of carbonyl (C=O) groups excluding carboxylic acids is 2. The molecule has 0 aliphatic heterocycles. The second-order valence-corrected chi connectivity index (χ2v) is 6.21. The lowest BCUT2D eigenvalue weighted by Gasteiger charge is -2.14. The summed E-state index contributed by atoms with van der Waals surface area (Å²) in [6.45, 7) is 0. The van der Waals surface area contributed by atoms with Crippen molar-refractivity contribution in [3.05, 3.63) is 52.7 Å².